The molecule has 1 heterocycles. The Labute approximate surface area is 114 Å². The summed E-state index contributed by atoms with van der Waals surface area (Å²) >= 11 is 11.7. The summed E-state index contributed by atoms with van der Waals surface area (Å²) in [6.07, 6.45) is 0. The Morgan fingerprint density at radius 3 is 2.72 bits per heavy atom. The topological polar surface area (TPSA) is 61.6 Å². The second kappa shape index (κ2) is 5.21. The maximum atomic E-state index is 9.12. The van der Waals surface area contributed by atoms with Crippen molar-refractivity contribution in [2.75, 3.05) is 5.32 Å². The average Bonchev–Trinajstić information content (AvgIpc) is 2.34. The third kappa shape index (κ3) is 2.53. The van der Waals surface area contributed by atoms with E-state index in [1.165, 1.54) is 0 Å². The first-order valence-corrected chi connectivity index (χ1v) is 5.83. The number of rotatable bonds is 2. The van der Waals surface area contributed by atoms with Crippen LogP contribution in [0.25, 0.3) is 0 Å². The summed E-state index contributed by atoms with van der Waals surface area (Å²) in [6, 6.07) is 9.20. The van der Waals surface area contributed by atoms with E-state index in [4.69, 9.17) is 28.5 Å². The SMILES string of the molecule is Cc1cccc(Nc2cc(Cl)nnc2Cl)c1C#N. The lowest BCUT2D eigenvalue weighted by atomic mass is 10.1. The molecule has 0 amide bonds. The highest BCUT2D eigenvalue weighted by Crippen LogP contribution is 2.27. The molecule has 0 unspecified atom stereocenters. The molecular formula is C12H8Cl2N4. The maximum Gasteiger partial charge on any atom is 0.175 e. The highest BCUT2D eigenvalue weighted by atomic mass is 35.5. The van der Waals surface area contributed by atoms with Crippen molar-refractivity contribution in [1.82, 2.24) is 10.2 Å². The largest absolute Gasteiger partial charge is 0.352 e. The van der Waals surface area contributed by atoms with Crippen LogP contribution in [0.3, 0.4) is 0 Å². The molecule has 0 spiro atoms. The predicted octanol–water partition coefficient (Wildman–Crippen LogP) is 3.71. The van der Waals surface area contributed by atoms with Crippen molar-refractivity contribution < 1.29 is 0 Å². The monoisotopic (exact) mass is 278 g/mol. The summed E-state index contributed by atoms with van der Waals surface area (Å²) in [6.45, 7) is 1.86. The van der Waals surface area contributed by atoms with Gasteiger partial charge in [0.05, 0.1) is 16.9 Å². The fourth-order valence-electron chi connectivity index (χ4n) is 1.51. The van der Waals surface area contributed by atoms with Crippen molar-refractivity contribution in [3.63, 3.8) is 0 Å². The van der Waals surface area contributed by atoms with Crippen molar-refractivity contribution in [2.24, 2.45) is 0 Å². The van der Waals surface area contributed by atoms with Gasteiger partial charge in [-0.3, -0.25) is 0 Å². The Bertz CT molecular complexity index is 634. The molecule has 0 saturated carbocycles. The molecule has 0 atom stereocenters. The van der Waals surface area contributed by atoms with Gasteiger partial charge in [0.1, 0.15) is 6.07 Å². The van der Waals surface area contributed by atoms with Crippen LogP contribution in [0.2, 0.25) is 10.3 Å². The number of anilines is 2. The zero-order valence-electron chi connectivity index (χ0n) is 9.41. The summed E-state index contributed by atoms with van der Waals surface area (Å²) in [5.41, 5.74) is 2.61. The summed E-state index contributed by atoms with van der Waals surface area (Å²) in [5.74, 6) is 0. The molecule has 0 fully saturated rings. The molecule has 2 aromatic rings. The third-order valence-electron chi connectivity index (χ3n) is 2.37. The number of hydrogen-bond donors (Lipinski definition) is 1. The van der Waals surface area contributed by atoms with Gasteiger partial charge in [0.25, 0.3) is 0 Å². The number of benzene rings is 1. The van der Waals surface area contributed by atoms with E-state index in [9.17, 15) is 0 Å². The zero-order valence-corrected chi connectivity index (χ0v) is 10.9. The van der Waals surface area contributed by atoms with Gasteiger partial charge in [-0.05, 0) is 18.6 Å². The van der Waals surface area contributed by atoms with E-state index in [0.29, 0.717) is 16.9 Å². The first kappa shape index (κ1) is 12.6. The number of nitrogens with one attached hydrogen (secondary N) is 1. The summed E-state index contributed by atoms with van der Waals surface area (Å²) in [5, 5.41) is 19.9. The summed E-state index contributed by atoms with van der Waals surface area (Å²) in [4.78, 5) is 0. The van der Waals surface area contributed by atoms with E-state index in [0.717, 1.165) is 5.56 Å². The molecule has 1 aromatic heterocycles. The molecule has 2 rings (SSSR count). The Kier molecular flexibility index (Phi) is 3.66. The third-order valence-corrected chi connectivity index (χ3v) is 2.84. The number of hydrogen-bond acceptors (Lipinski definition) is 4. The molecule has 0 aliphatic rings. The summed E-state index contributed by atoms with van der Waals surface area (Å²) < 4.78 is 0. The lowest BCUT2D eigenvalue weighted by Crippen LogP contribution is -1.98. The van der Waals surface area contributed by atoms with Gasteiger partial charge in [-0.15, -0.1) is 10.2 Å². The van der Waals surface area contributed by atoms with Gasteiger partial charge in [0.2, 0.25) is 0 Å². The van der Waals surface area contributed by atoms with Crippen LogP contribution in [0.15, 0.2) is 24.3 Å². The predicted molar refractivity (Wildman–Crippen MR) is 71.2 cm³/mol. The van der Waals surface area contributed by atoms with Gasteiger partial charge in [-0.1, -0.05) is 35.3 Å². The van der Waals surface area contributed by atoms with Crippen LogP contribution in [0.4, 0.5) is 11.4 Å². The second-order valence-electron chi connectivity index (χ2n) is 3.61. The molecule has 0 aliphatic carbocycles. The minimum Gasteiger partial charge on any atom is -0.352 e. The van der Waals surface area contributed by atoms with E-state index in [1.54, 1.807) is 12.1 Å². The first-order chi connectivity index (χ1) is 8.61. The molecular weight excluding hydrogens is 271 g/mol. The number of halogens is 2. The van der Waals surface area contributed by atoms with E-state index < -0.39 is 0 Å². The minimum absolute atomic E-state index is 0.199. The van der Waals surface area contributed by atoms with Crippen LogP contribution < -0.4 is 5.32 Å². The van der Waals surface area contributed by atoms with Gasteiger partial charge < -0.3 is 5.32 Å². The van der Waals surface area contributed by atoms with Crippen molar-refractivity contribution in [3.8, 4) is 6.07 Å². The van der Waals surface area contributed by atoms with Gasteiger partial charge in [-0.25, -0.2) is 0 Å². The van der Waals surface area contributed by atoms with Gasteiger partial charge >= 0.3 is 0 Å². The van der Waals surface area contributed by atoms with Gasteiger partial charge in [-0.2, -0.15) is 5.26 Å². The summed E-state index contributed by atoms with van der Waals surface area (Å²) in [7, 11) is 0. The standard InChI is InChI=1S/C12H8Cl2N4/c1-7-3-2-4-9(8(7)6-15)16-10-5-11(13)17-18-12(10)14/h2-5H,1H3,(H,16,17). The van der Waals surface area contributed by atoms with Crippen LogP contribution in [-0.4, -0.2) is 10.2 Å². The molecule has 0 bridgehead atoms. The molecule has 18 heavy (non-hydrogen) atoms. The van der Waals surface area contributed by atoms with Gasteiger partial charge in [0, 0.05) is 6.07 Å². The maximum absolute atomic E-state index is 9.12. The van der Waals surface area contributed by atoms with E-state index in [2.05, 4.69) is 21.6 Å². The molecule has 0 radical (unpaired) electrons. The van der Waals surface area contributed by atoms with Crippen LogP contribution >= 0.6 is 23.2 Å². The van der Waals surface area contributed by atoms with Crippen LogP contribution in [0.1, 0.15) is 11.1 Å². The Morgan fingerprint density at radius 1 is 1.22 bits per heavy atom. The minimum atomic E-state index is 0.199. The van der Waals surface area contributed by atoms with Crippen molar-refractivity contribution >= 4 is 34.6 Å². The lowest BCUT2D eigenvalue weighted by molar-refractivity contribution is 1.03. The second-order valence-corrected chi connectivity index (χ2v) is 4.35. The van der Waals surface area contributed by atoms with Crippen molar-refractivity contribution in [2.45, 2.75) is 6.92 Å². The molecule has 1 N–H and O–H groups in total. The normalized spacial score (nSPS) is 9.89. The van der Waals surface area contributed by atoms with E-state index in [1.807, 2.05) is 19.1 Å². The molecule has 0 saturated heterocycles. The quantitative estimate of drug-likeness (QED) is 0.910. The van der Waals surface area contributed by atoms with Crippen LogP contribution in [0, 0.1) is 18.3 Å². The first-order valence-electron chi connectivity index (χ1n) is 5.07. The number of nitrogens with zero attached hydrogens (tertiary/aromatic N) is 3. The molecule has 4 nitrogen and oxygen atoms in total. The Balaban J connectivity index is 2.44. The van der Waals surface area contributed by atoms with Crippen LogP contribution in [-0.2, 0) is 0 Å². The van der Waals surface area contributed by atoms with E-state index in [-0.39, 0.29) is 10.3 Å². The highest BCUT2D eigenvalue weighted by Gasteiger charge is 2.09. The highest BCUT2D eigenvalue weighted by molar-refractivity contribution is 6.33. The molecule has 6 heteroatoms. The lowest BCUT2D eigenvalue weighted by Gasteiger charge is -2.10. The van der Waals surface area contributed by atoms with Gasteiger partial charge in [0.15, 0.2) is 10.3 Å². The van der Waals surface area contributed by atoms with Crippen molar-refractivity contribution in [3.05, 3.63) is 45.7 Å². The number of aromatic nitrogens is 2. The molecule has 90 valence electrons. The smallest absolute Gasteiger partial charge is 0.175 e. The Morgan fingerprint density at radius 2 is 2.00 bits per heavy atom. The Hall–Kier alpha value is -1.83. The number of nitriles is 1. The fourth-order valence-corrected chi connectivity index (χ4v) is 1.79. The fraction of sp³-hybridized carbons (Fsp3) is 0.0833. The van der Waals surface area contributed by atoms with Crippen molar-refractivity contribution in [1.29, 1.82) is 5.26 Å². The molecule has 0 aliphatic heterocycles. The zero-order chi connectivity index (χ0) is 13.1. The van der Waals surface area contributed by atoms with Crippen LogP contribution in [0.5, 0.6) is 0 Å². The molecule has 1 aromatic carbocycles. The van der Waals surface area contributed by atoms with E-state index >= 15 is 0 Å². The average molecular weight is 279 g/mol. The number of aryl methyl sites for hydroxylation is 1.